The van der Waals surface area contributed by atoms with Crippen molar-refractivity contribution < 1.29 is 29.0 Å². The minimum absolute atomic E-state index is 0.171. The van der Waals surface area contributed by atoms with Crippen LogP contribution in [0.4, 0.5) is 4.79 Å². The zero-order chi connectivity index (χ0) is 19.8. The van der Waals surface area contributed by atoms with E-state index in [9.17, 15) is 19.5 Å². The molecule has 8 nitrogen and oxygen atoms in total. The van der Waals surface area contributed by atoms with Gasteiger partial charge < -0.3 is 19.5 Å². The molecule has 3 atom stereocenters. The van der Waals surface area contributed by atoms with Gasteiger partial charge in [0.25, 0.3) is 0 Å². The van der Waals surface area contributed by atoms with Crippen molar-refractivity contribution in [2.75, 3.05) is 32.8 Å². The summed E-state index contributed by atoms with van der Waals surface area (Å²) in [5.41, 5.74) is -1.56. The number of aliphatic carboxylic acids is 1. The van der Waals surface area contributed by atoms with Gasteiger partial charge in [0.1, 0.15) is 11.6 Å². The molecule has 3 rings (SSSR count). The lowest BCUT2D eigenvalue weighted by Crippen LogP contribution is -2.54. The van der Waals surface area contributed by atoms with Gasteiger partial charge in [0.15, 0.2) is 0 Å². The van der Waals surface area contributed by atoms with Crippen LogP contribution in [0.5, 0.6) is 0 Å². The molecule has 0 aromatic rings. The van der Waals surface area contributed by atoms with Gasteiger partial charge in [0.05, 0.1) is 12.0 Å². The summed E-state index contributed by atoms with van der Waals surface area (Å²) >= 11 is 0. The van der Waals surface area contributed by atoms with Crippen LogP contribution >= 0.6 is 0 Å². The first-order valence-corrected chi connectivity index (χ1v) is 9.73. The first-order chi connectivity index (χ1) is 12.6. The average Bonchev–Trinajstić information content (AvgIpc) is 3.00. The van der Waals surface area contributed by atoms with Crippen LogP contribution in [-0.4, -0.2) is 77.4 Å². The molecule has 2 unspecified atom stereocenters. The summed E-state index contributed by atoms with van der Waals surface area (Å²) in [4.78, 5) is 40.9. The lowest BCUT2D eigenvalue weighted by atomic mass is 9.74. The molecule has 0 saturated carbocycles. The number of piperidine rings is 1. The van der Waals surface area contributed by atoms with Crippen molar-refractivity contribution in [3.8, 4) is 0 Å². The summed E-state index contributed by atoms with van der Waals surface area (Å²) in [6.45, 7) is 7.19. The van der Waals surface area contributed by atoms with Crippen LogP contribution in [0.3, 0.4) is 0 Å². The Kier molecular flexibility index (Phi) is 5.38. The standard InChI is InChI=1S/C19H30N2O6/c1-18(2,3)27-17(25)21-8-5-4-6-14(21)15(22)20-10-13-11-26-9-7-19(13,12-20)16(23)24/h13-14H,4-12H2,1-3H3,(H,23,24)/t13?,14?,19-/m1/s1. The topological polar surface area (TPSA) is 96.4 Å². The molecule has 0 aliphatic carbocycles. The van der Waals surface area contributed by atoms with Crippen LogP contribution in [0, 0.1) is 11.3 Å². The smallest absolute Gasteiger partial charge is 0.410 e. The molecule has 8 heteroatoms. The number of carbonyl (C=O) groups excluding carboxylic acids is 2. The van der Waals surface area contributed by atoms with Gasteiger partial charge >= 0.3 is 12.1 Å². The summed E-state index contributed by atoms with van der Waals surface area (Å²) in [7, 11) is 0. The van der Waals surface area contributed by atoms with Crippen molar-refractivity contribution in [3.63, 3.8) is 0 Å². The van der Waals surface area contributed by atoms with Crippen LogP contribution in [0.1, 0.15) is 46.5 Å². The Morgan fingerprint density at radius 2 is 1.96 bits per heavy atom. The van der Waals surface area contributed by atoms with E-state index < -0.39 is 29.1 Å². The van der Waals surface area contributed by atoms with E-state index in [-0.39, 0.29) is 18.4 Å². The van der Waals surface area contributed by atoms with E-state index in [1.54, 1.807) is 25.7 Å². The Morgan fingerprint density at radius 1 is 1.22 bits per heavy atom. The number of fused-ring (bicyclic) bond motifs is 1. The second kappa shape index (κ2) is 7.30. The van der Waals surface area contributed by atoms with Gasteiger partial charge in [-0.15, -0.1) is 0 Å². The first kappa shape index (κ1) is 19.9. The highest BCUT2D eigenvalue weighted by molar-refractivity contribution is 5.87. The van der Waals surface area contributed by atoms with Crippen molar-refractivity contribution in [1.82, 2.24) is 9.80 Å². The van der Waals surface area contributed by atoms with E-state index in [0.717, 1.165) is 12.8 Å². The summed E-state index contributed by atoms with van der Waals surface area (Å²) < 4.78 is 10.9. The molecule has 0 spiro atoms. The van der Waals surface area contributed by atoms with E-state index in [0.29, 0.717) is 39.1 Å². The Morgan fingerprint density at radius 3 is 2.59 bits per heavy atom. The van der Waals surface area contributed by atoms with Gasteiger partial charge in [-0.3, -0.25) is 14.5 Å². The third-order valence-electron chi connectivity index (χ3n) is 5.86. The number of carbonyl (C=O) groups is 3. The molecule has 3 aliphatic rings. The number of amides is 2. The predicted octanol–water partition coefficient (Wildman–Crippen LogP) is 1.73. The number of carboxylic acids is 1. The molecular formula is C19H30N2O6. The Bertz CT molecular complexity index is 616. The van der Waals surface area contributed by atoms with Crippen molar-refractivity contribution in [2.24, 2.45) is 11.3 Å². The monoisotopic (exact) mass is 382 g/mol. The summed E-state index contributed by atoms with van der Waals surface area (Å²) in [6.07, 6.45) is 2.21. The highest BCUT2D eigenvalue weighted by Crippen LogP contribution is 2.43. The minimum atomic E-state index is -0.931. The van der Waals surface area contributed by atoms with Crippen LogP contribution in [0.25, 0.3) is 0 Å². The average molecular weight is 382 g/mol. The Hall–Kier alpha value is -1.83. The van der Waals surface area contributed by atoms with E-state index in [1.165, 1.54) is 4.90 Å². The molecule has 3 fully saturated rings. The van der Waals surface area contributed by atoms with E-state index in [1.807, 2.05) is 0 Å². The van der Waals surface area contributed by atoms with Crippen LogP contribution in [0.15, 0.2) is 0 Å². The highest BCUT2D eigenvalue weighted by atomic mass is 16.6. The molecule has 3 heterocycles. The lowest BCUT2D eigenvalue weighted by Gasteiger charge is -2.37. The lowest BCUT2D eigenvalue weighted by molar-refractivity contribution is -0.157. The van der Waals surface area contributed by atoms with Crippen LogP contribution in [0.2, 0.25) is 0 Å². The second-order valence-electron chi connectivity index (χ2n) is 8.89. The molecule has 2 amide bonds. The molecule has 0 aromatic carbocycles. The van der Waals surface area contributed by atoms with Crippen molar-refractivity contribution in [3.05, 3.63) is 0 Å². The van der Waals surface area contributed by atoms with E-state index in [2.05, 4.69) is 0 Å². The number of nitrogens with zero attached hydrogens (tertiary/aromatic N) is 2. The molecular weight excluding hydrogens is 352 g/mol. The highest BCUT2D eigenvalue weighted by Gasteiger charge is 2.55. The van der Waals surface area contributed by atoms with Gasteiger partial charge in [0, 0.05) is 32.2 Å². The van der Waals surface area contributed by atoms with Gasteiger partial charge in [-0.05, 0) is 46.5 Å². The maximum absolute atomic E-state index is 13.2. The molecule has 152 valence electrons. The Labute approximate surface area is 159 Å². The fraction of sp³-hybridized carbons (Fsp3) is 0.842. The van der Waals surface area contributed by atoms with Crippen molar-refractivity contribution in [2.45, 2.75) is 58.1 Å². The third kappa shape index (κ3) is 3.90. The molecule has 1 N–H and O–H groups in total. The summed E-state index contributed by atoms with van der Waals surface area (Å²) in [6, 6.07) is -0.583. The molecule has 3 saturated heterocycles. The van der Waals surface area contributed by atoms with Crippen molar-refractivity contribution >= 4 is 18.0 Å². The number of ether oxygens (including phenoxy) is 2. The fourth-order valence-electron chi connectivity index (χ4n) is 4.41. The number of rotatable bonds is 2. The SMILES string of the molecule is CC(C)(C)OC(=O)N1CCCCC1C(=O)N1CC2COCC[C@@]2(C(=O)O)C1. The van der Waals surface area contributed by atoms with E-state index >= 15 is 0 Å². The maximum atomic E-state index is 13.2. The van der Waals surface area contributed by atoms with Gasteiger partial charge in [-0.25, -0.2) is 4.79 Å². The summed E-state index contributed by atoms with van der Waals surface area (Å²) in [5, 5.41) is 9.80. The maximum Gasteiger partial charge on any atom is 0.410 e. The second-order valence-corrected chi connectivity index (χ2v) is 8.89. The first-order valence-electron chi connectivity index (χ1n) is 9.73. The quantitative estimate of drug-likeness (QED) is 0.781. The number of hydrogen-bond acceptors (Lipinski definition) is 5. The normalized spacial score (nSPS) is 31.4. The van der Waals surface area contributed by atoms with Gasteiger partial charge in [0.2, 0.25) is 5.91 Å². The molecule has 0 aromatic heterocycles. The minimum Gasteiger partial charge on any atom is -0.481 e. The zero-order valence-electron chi connectivity index (χ0n) is 16.4. The van der Waals surface area contributed by atoms with Crippen LogP contribution < -0.4 is 0 Å². The largest absolute Gasteiger partial charge is 0.481 e. The number of carboxylic acid groups (broad SMARTS) is 1. The summed E-state index contributed by atoms with van der Waals surface area (Å²) in [5.74, 6) is -1.24. The van der Waals surface area contributed by atoms with E-state index in [4.69, 9.17) is 9.47 Å². The Balaban J connectivity index is 1.75. The van der Waals surface area contributed by atoms with Gasteiger partial charge in [-0.1, -0.05) is 0 Å². The molecule has 27 heavy (non-hydrogen) atoms. The van der Waals surface area contributed by atoms with Crippen molar-refractivity contribution in [1.29, 1.82) is 0 Å². The fourth-order valence-corrected chi connectivity index (χ4v) is 4.41. The predicted molar refractivity (Wildman–Crippen MR) is 96.2 cm³/mol. The zero-order valence-corrected chi connectivity index (χ0v) is 16.4. The molecule has 0 radical (unpaired) electrons. The van der Waals surface area contributed by atoms with Crippen LogP contribution in [-0.2, 0) is 19.1 Å². The van der Waals surface area contributed by atoms with Gasteiger partial charge in [-0.2, -0.15) is 0 Å². The third-order valence-corrected chi connectivity index (χ3v) is 5.86. The molecule has 0 bridgehead atoms. The number of hydrogen-bond donors (Lipinski definition) is 1. The molecule has 3 aliphatic heterocycles. The number of likely N-dealkylation sites (tertiary alicyclic amines) is 2.